The summed E-state index contributed by atoms with van der Waals surface area (Å²) in [5.74, 6) is -1.12. The Bertz CT molecular complexity index is 603. The quantitative estimate of drug-likeness (QED) is 0.777. The first-order chi connectivity index (χ1) is 9.35. The predicted octanol–water partition coefficient (Wildman–Crippen LogP) is 0.834. The molecule has 1 aliphatic rings. The number of aromatic carboxylic acids is 1. The van der Waals surface area contributed by atoms with Crippen LogP contribution in [0.25, 0.3) is 0 Å². The molecular formula is C12H18N2O5S. The van der Waals surface area contributed by atoms with Crippen LogP contribution in [0.5, 0.6) is 0 Å². The van der Waals surface area contributed by atoms with E-state index in [0.717, 1.165) is 12.8 Å². The van der Waals surface area contributed by atoms with Crippen molar-refractivity contribution in [2.45, 2.75) is 36.8 Å². The van der Waals surface area contributed by atoms with E-state index >= 15 is 0 Å². The lowest BCUT2D eigenvalue weighted by Gasteiger charge is -2.10. The van der Waals surface area contributed by atoms with Crippen LogP contribution in [0, 0.1) is 0 Å². The zero-order valence-electron chi connectivity index (χ0n) is 11.4. The van der Waals surface area contributed by atoms with E-state index in [1.165, 1.54) is 23.9 Å². The van der Waals surface area contributed by atoms with Gasteiger partial charge in [-0.3, -0.25) is 0 Å². The maximum atomic E-state index is 12.1. The van der Waals surface area contributed by atoms with E-state index in [1.807, 2.05) is 0 Å². The summed E-state index contributed by atoms with van der Waals surface area (Å²) in [6, 6.07) is 1.29. The Morgan fingerprint density at radius 1 is 1.60 bits per heavy atom. The summed E-state index contributed by atoms with van der Waals surface area (Å²) in [4.78, 5) is 11.1. The van der Waals surface area contributed by atoms with Crippen molar-refractivity contribution in [2.75, 3.05) is 13.7 Å². The second kappa shape index (κ2) is 5.55. The molecular weight excluding hydrogens is 284 g/mol. The van der Waals surface area contributed by atoms with Crippen molar-refractivity contribution in [1.82, 2.24) is 9.29 Å². The van der Waals surface area contributed by atoms with E-state index in [4.69, 9.17) is 9.84 Å². The number of rotatable bonds is 7. The predicted molar refractivity (Wildman–Crippen MR) is 71.3 cm³/mol. The minimum atomic E-state index is -3.72. The van der Waals surface area contributed by atoms with Crippen molar-refractivity contribution < 1.29 is 23.1 Å². The molecule has 112 valence electrons. The highest BCUT2D eigenvalue weighted by Gasteiger charge is 2.30. The number of carbonyl (C=O) groups is 1. The molecule has 7 nitrogen and oxygen atoms in total. The molecule has 1 aromatic heterocycles. The number of hydrogen-bond acceptors (Lipinski definition) is 4. The number of nitrogens with zero attached hydrogens (tertiary/aromatic N) is 1. The van der Waals surface area contributed by atoms with Gasteiger partial charge in [0.25, 0.3) is 0 Å². The number of sulfonamides is 1. The van der Waals surface area contributed by atoms with Gasteiger partial charge in [0.1, 0.15) is 10.6 Å². The smallest absolute Gasteiger partial charge is 0.352 e. The largest absolute Gasteiger partial charge is 0.477 e. The zero-order valence-corrected chi connectivity index (χ0v) is 12.2. The highest BCUT2D eigenvalue weighted by molar-refractivity contribution is 7.89. The molecule has 0 aliphatic heterocycles. The molecule has 2 rings (SSSR count). The maximum Gasteiger partial charge on any atom is 0.352 e. The van der Waals surface area contributed by atoms with E-state index in [9.17, 15) is 13.2 Å². The summed E-state index contributed by atoms with van der Waals surface area (Å²) >= 11 is 0. The normalized spacial score (nSPS) is 17.1. The summed E-state index contributed by atoms with van der Waals surface area (Å²) in [7, 11) is -2.23. The van der Waals surface area contributed by atoms with Gasteiger partial charge < -0.3 is 14.4 Å². The van der Waals surface area contributed by atoms with Crippen LogP contribution in [0.4, 0.5) is 0 Å². The molecule has 20 heavy (non-hydrogen) atoms. The Labute approximate surface area is 117 Å². The standard InChI is InChI=1S/C12H18N2O5S/c1-8(19-2)6-13-20(17,18)10-5-11(12(15)16)14(7-10)9-3-4-9/h5,7-9,13H,3-4,6H2,1-2H3,(H,15,16). The number of nitrogens with one attached hydrogen (secondary N) is 1. The minimum absolute atomic E-state index is 0.00710. The van der Waals surface area contributed by atoms with Crippen molar-refractivity contribution in [2.24, 2.45) is 0 Å². The van der Waals surface area contributed by atoms with Gasteiger partial charge in [0, 0.05) is 25.9 Å². The lowest BCUT2D eigenvalue weighted by Crippen LogP contribution is -2.31. The molecule has 1 aliphatic carbocycles. The number of aromatic nitrogens is 1. The fraction of sp³-hybridized carbons (Fsp3) is 0.583. The number of ether oxygens (including phenoxy) is 1. The van der Waals surface area contributed by atoms with Crippen LogP contribution in [-0.4, -0.2) is 43.8 Å². The Morgan fingerprint density at radius 3 is 2.75 bits per heavy atom. The highest BCUT2D eigenvalue weighted by Crippen LogP contribution is 2.37. The number of methoxy groups -OCH3 is 1. The lowest BCUT2D eigenvalue weighted by atomic mass is 10.4. The average Bonchev–Trinajstić information content (AvgIpc) is 3.13. The molecule has 0 saturated heterocycles. The van der Waals surface area contributed by atoms with Gasteiger partial charge in [-0.2, -0.15) is 0 Å². The van der Waals surface area contributed by atoms with E-state index in [-0.39, 0.29) is 29.3 Å². The highest BCUT2D eigenvalue weighted by atomic mass is 32.2. The van der Waals surface area contributed by atoms with Gasteiger partial charge in [0.2, 0.25) is 10.0 Å². The van der Waals surface area contributed by atoms with Crippen LogP contribution in [0.15, 0.2) is 17.2 Å². The number of carboxylic acid groups (broad SMARTS) is 1. The summed E-state index contributed by atoms with van der Waals surface area (Å²) < 4.78 is 33.1. The molecule has 2 N–H and O–H groups in total. The molecule has 1 atom stereocenters. The average molecular weight is 302 g/mol. The van der Waals surface area contributed by atoms with E-state index in [1.54, 1.807) is 6.92 Å². The first kappa shape index (κ1) is 15.0. The fourth-order valence-corrected chi connectivity index (χ4v) is 2.96. The zero-order chi connectivity index (χ0) is 14.9. The van der Waals surface area contributed by atoms with E-state index in [0.29, 0.717) is 0 Å². The Hall–Kier alpha value is -1.38. The molecule has 1 fully saturated rings. The third-order valence-corrected chi connectivity index (χ3v) is 4.65. The second-order valence-electron chi connectivity index (χ2n) is 4.90. The van der Waals surface area contributed by atoms with Gasteiger partial charge in [0.05, 0.1) is 6.10 Å². The van der Waals surface area contributed by atoms with Crippen LogP contribution >= 0.6 is 0 Å². The number of hydrogen-bond donors (Lipinski definition) is 2. The Kier molecular flexibility index (Phi) is 4.17. The molecule has 1 heterocycles. The van der Waals surface area contributed by atoms with E-state index < -0.39 is 16.0 Å². The van der Waals surface area contributed by atoms with Crippen molar-refractivity contribution >= 4 is 16.0 Å². The SMILES string of the molecule is COC(C)CNS(=O)(=O)c1cc(C(=O)O)n(C2CC2)c1. The third-order valence-electron chi connectivity index (χ3n) is 3.26. The van der Waals surface area contributed by atoms with Crippen LogP contribution in [-0.2, 0) is 14.8 Å². The van der Waals surface area contributed by atoms with Crippen LogP contribution in [0.1, 0.15) is 36.3 Å². The van der Waals surface area contributed by atoms with Crippen LogP contribution in [0.2, 0.25) is 0 Å². The van der Waals surface area contributed by atoms with Crippen LogP contribution in [0.3, 0.4) is 0 Å². The lowest BCUT2D eigenvalue weighted by molar-refractivity contribution is 0.0685. The first-order valence-corrected chi connectivity index (χ1v) is 7.81. The number of carboxylic acids is 1. The van der Waals surface area contributed by atoms with Crippen molar-refractivity contribution in [3.63, 3.8) is 0 Å². The van der Waals surface area contributed by atoms with Crippen LogP contribution < -0.4 is 4.72 Å². The van der Waals surface area contributed by atoms with Gasteiger partial charge in [0.15, 0.2) is 0 Å². The molecule has 1 aromatic rings. The molecule has 0 aromatic carbocycles. The molecule has 1 unspecified atom stereocenters. The summed E-state index contributed by atoms with van der Waals surface area (Å²) in [6.07, 6.45) is 2.89. The first-order valence-electron chi connectivity index (χ1n) is 6.32. The fourth-order valence-electron chi connectivity index (χ4n) is 1.82. The van der Waals surface area contributed by atoms with Gasteiger partial charge >= 0.3 is 5.97 Å². The monoisotopic (exact) mass is 302 g/mol. The van der Waals surface area contributed by atoms with Gasteiger partial charge in [-0.15, -0.1) is 0 Å². The topological polar surface area (TPSA) is 97.6 Å². The second-order valence-corrected chi connectivity index (χ2v) is 6.67. The van der Waals surface area contributed by atoms with Gasteiger partial charge in [-0.25, -0.2) is 17.9 Å². The van der Waals surface area contributed by atoms with Gasteiger partial charge in [-0.1, -0.05) is 0 Å². The summed E-state index contributed by atoms with van der Waals surface area (Å²) in [5.41, 5.74) is 0.00710. The molecule has 0 radical (unpaired) electrons. The van der Waals surface area contributed by atoms with Crippen molar-refractivity contribution in [1.29, 1.82) is 0 Å². The molecule has 1 saturated carbocycles. The van der Waals surface area contributed by atoms with E-state index in [2.05, 4.69) is 4.72 Å². The molecule has 0 amide bonds. The maximum absolute atomic E-state index is 12.1. The third kappa shape index (κ3) is 3.20. The minimum Gasteiger partial charge on any atom is -0.477 e. The Morgan fingerprint density at radius 2 is 2.25 bits per heavy atom. The van der Waals surface area contributed by atoms with Gasteiger partial charge in [-0.05, 0) is 25.8 Å². The summed E-state index contributed by atoms with van der Waals surface area (Å²) in [5, 5.41) is 9.12. The Balaban J connectivity index is 2.23. The van der Waals surface area contributed by atoms with Crippen molar-refractivity contribution in [3.05, 3.63) is 18.0 Å². The van der Waals surface area contributed by atoms with Crippen molar-refractivity contribution in [3.8, 4) is 0 Å². The molecule has 8 heteroatoms. The molecule has 0 spiro atoms. The summed E-state index contributed by atoms with van der Waals surface area (Å²) in [6.45, 7) is 1.87. The molecule has 0 bridgehead atoms.